The van der Waals surface area contributed by atoms with Gasteiger partial charge >= 0.3 is 5.97 Å². The molecule has 0 atom stereocenters. The van der Waals surface area contributed by atoms with Gasteiger partial charge in [0.15, 0.2) is 0 Å². The molecule has 1 aliphatic carbocycles. The average Bonchev–Trinajstić information content (AvgIpc) is 3.10. The van der Waals surface area contributed by atoms with Crippen molar-refractivity contribution >= 4 is 5.97 Å². The maximum atomic E-state index is 11.5. The van der Waals surface area contributed by atoms with Crippen LogP contribution in [0.25, 0.3) is 0 Å². The van der Waals surface area contributed by atoms with E-state index in [4.69, 9.17) is 4.74 Å². The monoisotopic (exact) mass is 248 g/mol. The van der Waals surface area contributed by atoms with Gasteiger partial charge in [-0.3, -0.25) is 0 Å². The van der Waals surface area contributed by atoms with Gasteiger partial charge in [0, 0.05) is 31.9 Å². The summed E-state index contributed by atoms with van der Waals surface area (Å²) in [6.45, 7) is 2.47. The minimum atomic E-state index is -0.209. The number of rotatable bonds is 6. The zero-order valence-electron chi connectivity index (χ0n) is 11.1. The number of hydrogen-bond acceptors (Lipinski definition) is 3. The maximum Gasteiger partial charge on any atom is 0.330 e. The highest BCUT2D eigenvalue weighted by atomic mass is 16.5. The molecular weight excluding hydrogens is 228 g/mol. The van der Waals surface area contributed by atoms with Crippen LogP contribution in [0.2, 0.25) is 0 Å². The SMILES string of the molecule is CC(=CC(=O)OCCCc1nccn1C)C1CC1. The summed E-state index contributed by atoms with van der Waals surface area (Å²) in [5.74, 6) is 1.44. The summed E-state index contributed by atoms with van der Waals surface area (Å²) >= 11 is 0. The first kappa shape index (κ1) is 12.9. The molecular formula is C14H20N2O2. The van der Waals surface area contributed by atoms with Gasteiger partial charge in [-0.05, 0) is 32.1 Å². The molecule has 1 saturated carbocycles. The number of aromatic nitrogens is 2. The molecule has 98 valence electrons. The van der Waals surface area contributed by atoms with E-state index in [0.717, 1.165) is 24.2 Å². The Labute approximate surface area is 108 Å². The molecule has 1 aromatic rings. The van der Waals surface area contributed by atoms with E-state index >= 15 is 0 Å². The Balaban J connectivity index is 1.64. The zero-order valence-corrected chi connectivity index (χ0v) is 11.1. The average molecular weight is 248 g/mol. The second-order valence-electron chi connectivity index (χ2n) is 4.89. The summed E-state index contributed by atoms with van der Waals surface area (Å²) in [5.41, 5.74) is 1.16. The molecule has 4 nitrogen and oxygen atoms in total. The first-order chi connectivity index (χ1) is 8.66. The van der Waals surface area contributed by atoms with Crippen molar-refractivity contribution in [3.05, 3.63) is 29.9 Å². The van der Waals surface area contributed by atoms with Crippen LogP contribution in [0.15, 0.2) is 24.0 Å². The molecule has 18 heavy (non-hydrogen) atoms. The van der Waals surface area contributed by atoms with Crippen LogP contribution in [0, 0.1) is 5.92 Å². The van der Waals surface area contributed by atoms with Gasteiger partial charge in [-0.15, -0.1) is 0 Å². The van der Waals surface area contributed by atoms with Crippen molar-refractivity contribution in [3.8, 4) is 0 Å². The number of carbonyl (C=O) groups excluding carboxylic acids is 1. The number of aryl methyl sites for hydroxylation is 2. The molecule has 0 unspecified atom stereocenters. The zero-order chi connectivity index (χ0) is 13.0. The lowest BCUT2D eigenvalue weighted by Gasteiger charge is -2.03. The van der Waals surface area contributed by atoms with Crippen molar-refractivity contribution in [2.75, 3.05) is 6.61 Å². The Morgan fingerprint density at radius 2 is 2.39 bits per heavy atom. The number of hydrogen-bond donors (Lipinski definition) is 0. The fourth-order valence-electron chi connectivity index (χ4n) is 1.92. The van der Waals surface area contributed by atoms with Crippen LogP contribution in [0.4, 0.5) is 0 Å². The lowest BCUT2D eigenvalue weighted by Crippen LogP contribution is -2.06. The Bertz CT molecular complexity index is 444. The Hall–Kier alpha value is -1.58. The Kier molecular flexibility index (Phi) is 4.18. The molecule has 1 aromatic heterocycles. The first-order valence-electron chi connectivity index (χ1n) is 6.48. The quantitative estimate of drug-likeness (QED) is 0.440. The smallest absolute Gasteiger partial charge is 0.330 e. The van der Waals surface area contributed by atoms with Crippen LogP contribution in [0.5, 0.6) is 0 Å². The van der Waals surface area contributed by atoms with E-state index in [9.17, 15) is 4.79 Å². The van der Waals surface area contributed by atoms with E-state index in [1.165, 1.54) is 12.8 Å². The third-order valence-electron chi connectivity index (χ3n) is 3.28. The molecule has 1 fully saturated rings. The first-order valence-corrected chi connectivity index (χ1v) is 6.48. The molecule has 0 saturated heterocycles. The van der Waals surface area contributed by atoms with Gasteiger partial charge in [0.05, 0.1) is 6.61 Å². The Morgan fingerprint density at radius 3 is 3.00 bits per heavy atom. The molecule has 0 aliphatic heterocycles. The van der Waals surface area contributed by atoms with E-state index in [-0.39, 0.29) is 5.97 Å². The van der Waals surface area contributed by atoms with E-state index < -0.39 is 0 Å². The van der Waals surface area contributed by atoms with Gasteiger partial charge in [0.25, 0.3) is 0 Å². The van der Waals surface area contributed by atoms with Crippen molar-refractivity contribution < 1.29 is 9.53 Å². The fraction of sp³-hybridized carbons (Fsp3) is 0.571. The second kappa shape index (κ2) is 5.85. The molecule has 0 spiro atoms. The summed E-state index contributed by atoms with van der Waals surface area (Å²) in [7, 11) is 1.97. The van der Waals surface area contributed by atoms with Gasteiger partial charge in [0.2, 0.25) is 0 Å². The molecule has 1 aliphatic rings. The number of carbonyl (C=O) groups is 1. The van der Waals surface area contributed by atoms with Gasteiger partial charge in [0.1, 0.15) is 5.82 Å². The molecule has 0 radical (unpaired) electrons. The van der Waals surface area contributed by atoms with Crippen molar-refractivity contribution in [2.24, 2.45) is 13.0 Å². The van der Waals surface area contributed by atoms with E-state index in [1.807, 2.05) is 24.7 Å². The third-order valence-corrected chi connectivity index (χ3v) is 3.28. The number of allylic oxidation sites excluding steroid dienone is 1. The lowest BCUT2D eigenvalue weighted by atomic mass is 10.2. The van der Waals surface area contributed by atoms with Crippen LogP contribution >= 0.6 is 0 Å². The van der Waals surface area contributed by atoms with E-state index in [0.29, 0.717) is 12.5 Å². The number of esters is 1. The number of nitrogens with zero attached hydrogens (tertiary/aromatic N) is 2. The van der Waals surface area contributed by atoms with Crippen molar-refractivity contribution in [3.63, 3.8) is 0 Å². The van der Waals surface area contributed by atoms with Crippen LogP contribution in [0.1, 0.15) is 32.0 Å². The normalized spacial score (nSPS) is 15.8. The second-order valence-corrected chi connectivity index (χ2v) is 4.89. The number of imidazole rings is 1. The van der Waals surface area contributed by atoms with Gasteiger partial charge in [-0.25, -0.2) is 9.78 Å². The summed E-state index contributed by atoms with van der Waals surface area (Å²) in [6.07, 6.45) is 9.42. The van der Waals surface area contributed by atoms with E-state index in [1.54, 1.807) is 12.3 Å². The number of ether oxygens (including phenoxy) is 1. The molecule has 0 N–H and O–H groups in total. The summed E-state index contributed by atoms with van der Waals surface area (Å²) in [5, 5.41) is 0. The molecule has 4 heteroatoms. The highest BCUT2D eigenvalue weighted by molar-refractivity contribution is 5.82. The molecule has 1 heterocycles. The molecule has 0 amide bonds. The summed E-state index contributed by atoms with van der Waals surface area (Å²) < 4.78 is 7.16. The Morgan fingerprint density at radius 1 is 1.61 bits per heavy atom. The van der Waals surface area contributed by atoms with Crippen LogP contribution in [-0.2, 0) is 23.0 Å². The van der Waals surface area contributed by atoms with Gasteiger partial charge in [-0.2, -0.15) is 0 Å². The topological polar surface area (TPSA) is 44.1 Å². The minimum Gasteiger partial charge on any atom is -0.463 e. The lowest BCUT2D eigenvalue weighted by molar-refractivity contribution is -0.137. The standard InChI is InChI=1S/C14H20N2O2/c1-11(12-5-6-12)10-14(17)18-9-3-4-13-15-7-8-16(13)2/h7-8,10,12H,3-6,9H2,1-2H3. The fourth-order valence-corrected chi connectivity index (χ4v) is 1.92. The van der Waals surface area contributed by atoms with Crippen molar-refractivity contribution in [1.29, 1.82) is 0 Å². The summed E-state index contributed by atoms with van der Waals surface area (Å²) in [4.78, 5) is 15.7. The maximum absolute atomic E-state index is 11.5. The highest BCUT2D eigenvalue weighted by Gasteiger charge is 2.23. The molecule has 2 rings (SSSR count). The minimum absolute atomic E-state index is 0.209. The van der Waals surface area contributed by atoms with E-state index in [2.05, 4.69) is 4.98 Å². The van der Waals surface area contributed by atoms with Crippen LogP contribution in [0.3, 0.4) is 0 Å². The van der Waals surface area contributed by atoms with Crippen LogP contribution in [-0.4, -0.2) is 22.1 Å². The summed E-state index contributed by atoms with van der Waals surface area (Å²) in [6, 6.07) is 0. The predicted molar refractivity (Wildman–Crippen MR) is 69.0 cm³/mol. The van der Waals surface area contributed by atoms with Gasteiger partial charge in [-0.1, -0.05) is 5.57 Å². The van der Waals surface area contributed by atoms with Crippen LogP contribution < -0.4 is 0 Å². The van der Waals surface area contributed by atoms with Crippen molar-refractivity contribution in [1.82, 2.24) is 9.55 Å². The highest BCUT2D eigenvalue weighted by Crippen LogP contribution is 2.35. The largest absolute Gasteiger partial charge is 0.463 e. The predicted octanol–water partition coefficient (Wildman–Crippen LogP) is 2.25. The molecule has 0 aromatic carbocycles. The van der Waals surface area contributed by atoms with Crippen molar-refractivity contribution in [2.45, 2.75) is 32.6 Å². The third kappa shape index (κ3) is 3.72. The molecule has 0 bridgehead atoms. The van der Waals surface area contributed by atoms with Gasteiger partial charge < -0.3 is 9.30 Å².